The highest BCUT2D eigenvalue weighted by Gasteiger charge is 2.11. The van der Waals surface area contributed by atoms with Gasteiger partial charge in [-0.15, -0.1) is 0 Å². The van der Waals surface area contributed by atoms with Crippen LogP contribution in [-0.4, -0.2) is 31.8 Å². The van der Waals surface area contributed by atoms with Gasteiger partial charge in [0, 0.05) is 6.04 Å². The summed E-state index contributed by atoms with van der Waals surface area (Å²) in [5, 5.41) is 2.46. The first-order valence-corrected chi connectivity index (χ1v) is 4.10. The lowest BCUT2D eigenvalue weighted by Gasteiger charge is -2.11. The lowest BCUT2D eigenvalue weighted by atomic mass is 10.2. The number of carbonyl (C=O) groups excluding carboxylic acids is 2. The molecule has 1 N–H and O–H groups in total. The largest absolute Gasteiger partial charge is 0.466 e. The Morgan fingerprint density at radius 1 is 1.46 bits per heavy atom. The van der Waals surface area contributed by atoms with E-state index in [2.05, 4.69) is 10.1 Å². The Morgan fingerprint density at radius 3 is 2.54 bits per heavy atom. The average molecular weight is 189 g/mol. The molecule has 1 unspecified atom stereocenters. The number of rotatable bonds is 4. The Kier molecular flexibility index (Phi) is 5.67. The zero-order valence-corrected chi connectivity index (χ0v) is 8.12. The van der Waals surface area contributed by atoms with Crippen LogP contribution in [0.2, 0.25) is 0 Å². The molecule has 1 atom stereocenters. The van der Waals surface area contributed by atoms with Crippen molar-refractivity contribution >= 4 is 12.1 Å². The Bertz CT molecular complexity index is 181. The van der Waals surface area contributed by atoms with Crippen molar-refractivity contribution in [2.75, 3.05) is 13.7 Å². The van der Waals surface area contributed by atoms with E-state index < -0.39 is 6.09 Å². The van der Waals surface area contributed by atoms with Gasteiger partial charge in [-0.2, -0.15) is 0 Å². The van der Waals surface area contributed by atoms with Crippen LogP contribution in [0, 0.1) is 0 Å². The Hall–Kier alpha value is -1.26. The number of hydrogen-bond acceptors (Lipinski definition) is 4. The number of alkyl carbamates (subject to hydrolysis) is 1. The average Bonchev–Trinajstić information content (AvgIpc) is 2.04. The maximum atomic E-state index is 10.9. The second-order valence-electron chi connectivity index (χ2n) is 2.55. The van der Waals surface area contributed by atoms with E-state index in [4.69, 9.17) is 4.74 Å². The van der Waals surface area contributed by atoms with Crippen LogP contribution in [0.4, 0.5) is 4.79 Å². The SMILES string of the molecule is CCOC(=O)CC(C)NC(=O)OC. The maximum absolute atomic E-state index is 10.9. The second kappa shape index (κ2) is 6.28. The predicted octanol–water partition coefficient (Wildman–Crippen LogP) is 0.684. The third kappa shape index (κ3) is 5.95. The predicted molar refractivity (Wildman–Crippen MR) is 46.3 cm³/mol. The van der Waals surface area contributed by atoms with E-state index in [9.17, 15) is 9.59 Å². The minimum absolute atomic E-state index is 0.156. The van der Waals surface area contributed by atoms with Gasteiger partial charge < -0.3 is 14.8 Å². The molecule has 0 saturated carbocycles. The smallest absolute Gasteiger partial charge is 0.407 e. The van der Waals surface area contributed by atoms with Gasteiger partial charge >= 0.3 is 12.1 Å². The molecule has 0 aromatic carbocycles. The van der Waals surface area contributed by atoms with Crippen molar-refractivity contribution in [3.63, 3.8) is 0 Å². The Labute approximate surface area is 77.4 Å². The van der Waals surface area contributed by atoms with Gasteiger partial charge in [-0.25, -0.2) is 4.79 Å². The summed E-state index contributed by atoms with van der Waals surface area (Å²) in [6.45, 7) is 3.79. The highest BCUT2D eigenvalue weighted by atomic mass is 16.5. The third-order valence-electron chi connectivity index (χ3n) is 1.33. The minimum atomic E-state index is -0.545. The van der Waals surface area contributed by atoms with E-state index in [0.29, 0.717) is 6.61 Å². The van der Waals surface area contributed by atoms with Crippen LogP contribution in [-0.2, 0) is 14.3 Å². The van der Waals surface area contributed by atoms with E-state index in [0.717, 1.165) is 0 Å². The molecule has 0 aliphatic rings. The number of ether oxygens (including phenoxy) is 2. The summed E-state index contributed by atoms with van der Waals surface area (Å²) in [4.78, 5) is 21.6. The van der Waals surface area contributed by atoms with Gasteiger partial charge in [0.2, 0.25) is 0 Å². The van der Waals surface area contributed by atoms with Crippen molar-refractivity contribution in [2.45, 2.75) is 26.3 Å². The van der Waals surface area contributed by atoms with Crippen molar-refractivity contribution in [1.29, 1.82) is 0 Å². The molecule has 0 spiro atoms. The van der Waals surface area contributed by atoms with Crippen molar-refractivity contribution in [3.8, 4) is 0 Å². The quantitative estimate of drug-likeness (QED) is 0.660. The van der Waals surface area contributed by atoms with Gasteiger partial charge in [-0.3, -0.25) is 4.79 Å². The molecule has 0 aliphatic carbocycles. The number of methoxy groups -OCH3 is 1. The first kappa shape index (κ1) is 11.7. The van der Waals surface area contributed by atoms with E-state index >= 15 is 0 Å². The fourth-order valence-corrected chi connectivity index (χ4v) is 0.781. The molecule has 13 heavy (non-hydrogen) atoms. The van der Waals surface area contributed by atoms with Crippen molar-refractivity contribution < 1.29 is 19.1 Å². The molecule has 0 heterocycles. The molecule has 5 heteroatoms. The number of nitrogens with one attached hydrogen (secondary N) is 1. The zero-order valence-electron chi connectivity index (χ0n) is 8.12. The van der Waals surface area contributed by atoms with E-state index in [1.807, 2.05) is 0 Å². The standard InChI is InChI=1S/C8H15NO4/c1-4-13-7(10)5-6(2)9-8(11)12-3/h6H,4-5H2,1-3H3,(H,9,11). The number of esters is 1. The molecule has 0 aliphatic heterocycles. The van der Waals surface area contributed by atoms with Gasteiger partial charge in [-0.05, 0) is 13.8 Å². The van der Waals surface area contributed by atoms with Gasteiger partial charge in [0.05, 0.1) is 20.1 Å². The Balaban J connectivity index is 3.67. The summed E-state index contributed by atoms with van der Waals surface area (Å²) < 4.78 is 9.06. The number of carbonyl (C=O) groups is 2. The summed E-state index contributed by atoms with van der Waals surface area (Å²) in [5.74, 6) is -0.327. The highest BCUT2D eigenvalue weighted by molar-refractivity contribution is 5.72. The molecular formula is C8H15NO4. The molecule has 76 valence electrons. The van der Waals surface area contributed by atoms with Crippen LogP contribution in [0.3, 0.4) is 0 Å². The topological polar surface area (TPSA) is 64.6 Å². The van der Waals surface area contributed by atoms with Crippen molar-refractivity contribution in [2.24, 2.45) is 0 Å². The molecule has 0 radical (unpaired) electrons. The molecular weight excluding hydrogens is 174 g/mol. The lowest BCUT2D eigenvalue weighted by molar-refractivity contribution is -0.143. The molecule has 0 bridgehead atoms. The summed E-state index contributed by atoms with van der Waals surface area (Å²) in [7, 11) is 1.27. The molecule has 0 rings (SSSR count). The zero-order chi connectivity index (χ0) is 10.3. The molecule has 0 aromatic heterocycles. The van der Waals surface area contributed by atoms with Crippen LogP contribution in [0.1, 0.15) is 20.3 Å². The van der Waals surface area contributed by atoms with E-state index in [1.54, 1.807) is 13.8 Å². The van der Waals surface area contributed by atoms with Crippen LogP contribution in [0.5, 0.6) is 0 Å². The molecule has 0 aromatic rings. The highest BCUT2D eigenvalue weighted by Crippen LogP contribution is 1.94. The second-order valence-corrected chi connectivity index (χ2v) is 2.55. The summed E-state index contributed by atoms with van der Waals surface area (Å²) >= 11 is 0. The summed E-state index contributed by atoms with van der Waals surface area (Å²) in [6.07, 6.45) is -0.389. The van der Waals surface area contributed by atoms with Crippen LogP contribution < -0.4 is 5.32 Å². The van der Waals surface area contributed by atoms with Crippen molar-refractivity contribution in [1.82, 2.24) is 5.32 Å². The number of amides is 1. The van der Waals surface area contributed by atoms with Gasteiger partial charge in [0.15, 0.2) is 0 Å². The fourth-order valence-electron chi connectivity index (χ4n) is 0.781. The van der Waals surface area contributed by atoms with Crippen LogP contribution >= 0.6 is 0 Å². The minimum Gasteiger partial charge on any atom is -0.466 e. The summed E-state index contributed by atoms with van der Waals surface area (Å²) in [5.41, 5.74) is 0. The van der Waals surface area contributed by atoms with Crippen LogP contribution in [0.15, 0.2) is 0 Å². The monoisotopic (exact) mass is 189 g/mol. The van der Waals surface area contributed by atoms with Gasteiger partial charge in [0.1, 0.15) is 0 Å². The van der Waals surface area contributed by atoms with E-state index in [1.165, 1.54) is 7.11 Å². The molecule has 5 nitrogen and oxygen atoms in total. The van der Waals surface area contributed by atoms with Gasteiger partial charge in [0.25, 0.3) is 0 Å². The van der Waals surface area contributed by atoms with Gasteiger partial charge in [-0.1, -0.05) is 0 Å². The fraction of sp³-hybridized carbons (Fsp3) is 0.750. The lowest BCUT2D eigenvalue weighted by Crippen LogP contribution is -2.34. The maximum Gasteiger partial charge on any atom is 0.407 e. The Morgan fingerprint density at radius 2 is 2.08 bits per heavy atom. The molecule has 0 fully saturated rings. The summed E-state index contributed by atoms with van der Waals surface area (Å²) in [6, 6.07) is -0.272. The molecule has 0 saturated heterocycles. The van der Waals surface area contributed by atoms with E-state index in [-0.39, 0.29) is 18.4 Å². The first-order valence-electron chi connectivity index (χ1n) is 4.10. The third-order valence-corrected chi connectivity index (χ3v) is 1.33. The van der Waals surface area contributed by atoms with Crippen LogP contribution in [0.25, 0.3) is 0 Å². The first-order chi connectivity index (χ1) is 6.10. The molecule has 1 amide bonds. The normalized spacial score (nSPS) is 11.6. The number of hydrogen-bond donors (Lipinski definition) is 1. The van der Waals surface area contributed by atoms with Crippen molar-refractivity contribution in [3.05, 3.63) is 0 Å².